The number of hydrogen-bond acceptors (Lipinski definition) is 6. The largest absolute Gasteiger partial charge is 0.453 e. The third kappa shape index (κ3) is 4.79. The van der Waals surface area contributed by atoms with Gasteiger partial charge in [-0.2, -0.15) is 0 Å². The van der Waals surface area contributed by atoms with Gasteiger partial charge >= 0.3 is 17.9 Å². The Morgan fingerprint density at radius 2 is 2.00 bits per heavy atom. The van der Waals surface area contributed by atoms with Gasteiger partial charge in [0.15, 0.2) is 0 Å². The number of aromatic nitrogens is 1. The van der Waals surface area contributed by atoms with Crippen molar-refractivity contribution in [2.75, 3.05) is 29.6 Å². The number of fused-ring (bicyclic) bond motifs is 1. The predicted molar refractivity (Wildman–Crippen MR) is 121 cm³/mol. The summed E-state index contributed by atoms with van der Waals surface area (Å²) in [6.07, 6.45) is 3.53. The average molecular weight is 451 g/mol. The summed E-state index contributed by atoms with van der Waals surface area (Å²) >= 11 is 0. The van der Waals surface area contributed by atoms with Crippen LogP contribution in [-0.2, 0) is 25.5 Å². The summed E-state index contributed by atoms with van der Waals surface area (Å²) in [7, 11) is 1.25. The third-order valence-corrected chi connectivity index (χ3v) is 5.84. The Balaban J connectivity index is 1.47. The lowest BCUT2D eigenvalue weighted by molar-refractivity contribution is -0.145. The molecule has 172 valence electrons. The normalized spacial score (nSPS) is 17.1. The fourth-order valence-electron chi connectivity index (χ4n) is 4.21. The van der Waals surface area contributed by atoms with E-state index < -0.39 is 17.9 Å². The van der Waals surface area contributed by atoms with E-state index in [1.54, 1.807) is 17.9 Å². The summed E-state index contributed by atoms with van der Waals surface area (Å²) in [6, 6.07) is 7.08. The number of ether oxygens (including phenoxy) is 1. The van der Waals surface area contributed by atoms with Gasteiger partial charge in [-0.05, 0) is 55.0 Å². The smallest absolute Gasteiger partial charge is 0.412 e. The van der Waals surface area contributed by atoms with Gasteiger partial charge in [-0.3, -0.25) is 19.7 Å². The van der Waals surface area contributed by atoms with Crippen LogP contribution in [0.15, 0.2) is 30.5 Å². The molecular formula is C23H25N5O5. The van der Waals surface area contributed by atoms with Gasteiger partial charge in [0.25, 0.3) is 0 Å². The molecule has 0 bridgehead atoms. The summed E-state index contributed by atoms with van der Waals surface area (Å²) in [4.78, 5) is 54.6. The Bertz CT molecular complexity index is 1130. The molecule has 3 heterocycles. The molecule has 1 atom stereocenters. The highest BCUT2D eigenvalue weighted by molar-refractivity contribution is 6.39. The van der Waals surface area contributed by atoms with E-state index in [1.807, 2.05) is 18.2 Å². The molecule has 1 fully saturated rings. The predicted octanol–water partition coefficient (Wildman–Crippen LogP) is 2.76. The van der Waals surface area contributed by atoms with Crippen LogP contribution in [0.3, 0.4) is 0 Å². The molecule has 2 aliphatic rings. The number of benzene rings is 1. The van der Waals surface area contributed by atoms with Gasteiger partial charge in [0.1, 0.15) is 5.82 Å². The van der Waals surface area contributed by atoms with Crippen LogP contribution in [0.1, 0.15) is 42.0 Å². The molecule has 3 N–H and O–H groups in total. The Morgan fingerprint density at radius 1 is 1.18 bits per heavy atom. The van der Waals surface area contributed by atoms with Crippen molar-refractivity contribution in [1.29, 1.82) is 0 Å². The number of pyridine rings is 1. The number of carbonyl (C=O) groups excluding carboxylic acids is 4. The molecule has 1 aromatic heterocycles. The van der Waals surface area contributed by atoms with E-state index in [0.29, 0.717) is 30.0 Å². The Hall–Kier alpha value is -3.95. The van der Waals surface area contributed by atoms with Crippen molar-refractivity contribution in [3.05, 3.63) is 47.2 Å². The second kappa shape index (κ2) is 9.27. The number of likely N-dealkylation sites (tertiary alicyclic amines) is 1. The molecule has 2 aromatic rings. The lowest BCUT2D eigenvalue weighted by atomic mass is 9.93. The minimum Gasteiger partial charge on any atom is -0.453 e. The molecule has 4 rings (SSSR count). The van der Waals surface area contributed by atoms with Crippen molar-refractivity contribution in [2.24, 2.45) is 0 Å². The van der Waals surface area contributed by atoms with Crippen LogP contribution in [0.5, 0.6) is 0 Å². The number of piperidine rings is 1. The van der Waals surface area contributed by atoms with E-state index in [-0.39, 0.29) is 11.9 Å². The van der Waals surface area contributed by atoms with Crippen molar-refractivity contribution in [1.82, 2.24) is 9.88 Å². The summed E-state index contributed by atoms with van der Waals surface area (Å²) in [5.74, 6) is -1.12. The Labute approximate surface area is 190 Å². The monoisotopic (exact) mass is 451 g/mol. The summed E-state index contributed by atoms with van der Waals surface area (Å²) in [6.45, 7) is 2.19. The molecule has 0 saturated carbocycles. The van der Waals surface area contributed by atoms with Gasteiger partial charge in [-0.1, -0.05) is 12.1 Å². The van der Waals surface area contributed by atoms with Crippen molar-refractivity contribution in [3.8, 4) is 0 Å². The van der Waals surface area contributed by atoms with Crippen LogP contribution in [0.2, 0.25) is 0 Å². The molecule has 10 nitrogen and oxygen atoms in total. The number of amides is 4. The first kappa shape index (κ1) is 22.3. The van der Waals surface area contributed by atoms with Crippen molar-refractivity contribution in [2.45, 2.75) is 38.6 Å². The zero-order chi connectivity index (χ0) is 23.5. The molecule has 1 aromatic carbocycles. The van der Waals surface area contributed by atoms with E-state index in [4.69, 9.17) is 0 Å². The average Bonchev–Trinajstić information content (AvgIpc) is 3.19. The lowest BCUT2D eigenvalue weighted by Crippen LogP contribution is -2.44. The van der Waals surface area contributed by atoms with Crippen LogP contribution in [-0.4, -0.2) is 47.4 Å². The van der Waals surface area contributed by atoms with Gasteiger partial charge in [-0.25, -0.2) is 9.78 Å². The molecule has 0 unspecified atom stereocenters. The summed E-state index contributed by atoms with van der Waals surface area (Å²) in [5.41, 5.74) is 3.56. The number of hydrogen-bond donors (Lipinski definition) is 3. The highest BCUT2D eigenvalue weighted by Crippen LogP contribution is 2.34. The highest BCUT2D eigenvalue weighted by Gasteiger charge is 2.32. The Kier molecular flexibility index (Phi) is 6.25. The molecule has 2 aliphatic heterocycles. The maximum absolute atomic E-state index is 13.1. The second-order valence-electron chi connectivity index (χ2n) is 8.11. The fraction of sp³-hybridized carbons (Fsp3) is 0.348. The number of rotatable bonds is 3. The molecule has 1 saturated heterocycles. The van der Waals surface area contributed by atoms with Gasteiger partial charge in [-0.15, -0.1) is 0 Å². The first-order chi connectivity index (χ1) is 15.9. The number of aryl methyl sites for hydroxylation is 1. The van der Waals surface area contributed by atoms with Crippen molar-refractivity contribution in [3.63, 3.8) is 0 Å². The van der Waals surface area contributed by atoms with Crippen LogP contribution in [0.25, 0.3) is 0 Å². The Morgan fingerprint density at radius 3 is 2.76 bits per heavy atom. The number of nitrogens with zero attached hydrogens (tertiary/aromatic N) is 2. The fourth-order valence-corrected chi connectivity index (χ4v) is 4.21. The van der Waals surface area contributed by atoms with Gasteiger partial charge in [0.05, 0.1) is 31.5 Å². The van der Waals surface area contributed by atoms with Gasteiger partial charge < -0.3 is 20.3 Å². The van der Waals surface area contributed by atoms with Crippen LogP contribution < -0.4 is 16.0 Å². The highest BCUT2D eigenvalue weighted by atomic mass is 16.5. The zero-order valence-corrected chi connectivity index (χ0v) is 18.4. The molecule has 4 amide bonds. The quantitative estimate of drug-likeness (QED) is 0.616. The summed E-state index contributed by atoms with van der Waals surface area (Å²) in [5, 5.41) is 7.89. The third-order valence-electron chi connectivity index (χ3n) is 5.84. The number of anilines is 3. The first-order valence-corrected chi connectivity index (χ1v) is 10.7. The second-order valence-corrected chi connectivity index (χ2v) is 8.11. The van der Waals surface area contributed by atoms with Crippen LogP contribution >= 0.6 is 0 Å². The van der Waals surface area contributed by atoms with E-state index in [0.717, 1.165) is 36.1 Å². The zero-order valence-electron chi connectivity index (χ0n) is 18.4. The molecular weight excluding hydrogens is 426 g/mol. The van der Waals surface area contributed by atoms with E-state index in [2.05, 4.69) is 25.7 Å². The standard InChI is InChI=1S/C23H25N5O5/c1-13-9-16(12-24-20(13)27-23(32)33-2)25-21(30)22(31)28-8-4-3-5-18(28)14-6-7-17-15(10-14)11-19(29)26-17/h6-7,9-10,12,18H,3-5,8,11H2,1-2H3,(H,25,30)(H,26,29)(H,24,27,32)/t18-/m0/s1. The lowest BCUT2D eigenvalue weighted by Gasteiger charge is -2.35. The molecule has 33 heavy (non-hydrogen) atoms. The topological polar surface area (TPSA) is 130 Å². The van der Waals surface area contributed by atoms with Gasteiger partial charge in [0.2, 0.25) is 5.91 Å². The van der Waals surface area contributed by atoms with E-state index >= 15 is 0 Å². The minimum atomic E-state index is -0.755. The van der Waals surface area contributed by atoms with Crippen molar-refractivity contribution < 1.29 is 23.9 Å². The number of nitrogens with one attached hydrogen (secondary N) is 3. The molecule has 0 spiro atoms. The molecule has 0 radical (unpaired) electrons. The first-order valence-electron chi connectivity index (χ1n) is 10.7. The van der Waals surface area contributed by atoms with E-state index in [9.17, 15) is 19.2 Å². The number of carbonyl (C=O) groups is 4. The maximum Gasteiger partial charge on any atom is 0.412 e. The minimum absolute atomic E-state index is 0.0465. The van der Waals surface area contributed by atoms with Crippen LogP contribution in [0.4, 0.5) is 22.0 Å². The molecule has 10 heteroatoms. The van der Waals surface area contributed by atoms with Gasteiger partial charge in [0, 0.05) is 12.2 Å². The van der Waals surface area contributed by atoms with Crippen LogP contribution in [0, 0.1) is 6.92 Å². The van der Waals surface area contributed by atoms with E-state index in [1.165, 1.54) is 13.3 Å². The molecule has 0 aliphatic carbocycles. The number of methoxy groups -OCH3 is 1. The maximum atomic E-state index is 13.1. The summed E-state index contributed by atoms with van der Waals surface area (Å²) < 4.78 is 4.55. The van der Waals surface area contributed by atoms with Crippen molar-refractivity contribution >= 4 is 41.0 Å². The SMILES string of the molecule is COC(=O)Nc1ncc(NC(=O)C(=O)N2CCCC[C@H]2c2ccc3c(c2)CC(=O)N3)cc1C.